The van der Waals surface area contributed by atoms with Gasteiger partial charge in [0.2, 0.25) is 0 Å². The fourth-order valence-corrected chi connectivity index (χ4v) is 3.35. The number of hydrazine groups is 1. The minimum Gasteiger partial charge on any atom is -0.508 e. The molecule has 0 radical (unpaired) electrons. The van der Waals surface area contributed by atoms with Crippen LogP contribution in [0, 0.1) is 0 Å². The quantitative estimate of drug-likeness (QED) is 0.253. The maximum atomic E-state index is 12.3. The zero-order chi connectivity index (χ0) is 18.3. The number of ether oxygens (including phenoxy) is 1. The minimum absolute atomic E-state index is 0.0686. The van der Waals surface area contributed by atoms with Gasteiger partial charge >= 0.3 is 0 Å². The van der Waals surface area contributed by atoms with Crippen LogP contribution in [0.15, 0.2) is 60.7 Å². The van der Waals surface area contributed by atoms with Gasteiger partial charge in [0, 0.05) is 34.7 Å². The Morgan fingerprint density at radius 3 is 2.04 bits per heavy atom. The Hall–Kier alpha value is -3.51. The molecule has 4 rings (SSSR count). The maximum absolute atomic E-state index is 12.3. The molecule has 1 heterocycles. The SMILES string of the molecule is NNC(=O)c1ccccc1C1c2ccc(O)cc2Oc2cc(O)ccc21. The van der Waals surface area contributed by atoms with E-state index in [1.54, 1.807) is 36.4 Å². The van der Waals surface area contributed by atoms with Crippen molar-refractivity contribution < 1.29 is 19.7 Å². The first-order chi connectivity index (χ1) is 12.6. The summed E-state index contributed by atoms with van der Waals surface area (Å²) in [5.74, 6) is 5.70. The lowest BCUT2D eigenvalue weighted by atomic mass is 9.80. The maximum Gasteiger partial charge on any atom is 0.265 e. The summed E-state index contributed by atoms with van der Waals surface area (Å²) in [6.07, 6.45) is 0. The summed E-state index contributed by atoms with van der Waals surface area (Å²) >= 11 is 0. The summed E-state index contributed by atoms with van der Waals surface area (Å²) in [4.78, 5) is 12.3. The molecule has 130 valence electrons. The summed E-state index contributed by atoms with van der Waals surface area (Å²) in [6, 6.07) is 16.9. The molecular formula is C20H16N2O4. The van der Waals surface area contributed by atoms with E-state index in [1.807, 2.05) is 12.1 Å². The largest absolute Gasteiger partial charge is 0.508 e. The Morgan fingerprint density at radius 2 is 1.46 bits per heavy atom. The Morgan fingerprint density at radius 1 is 0.885 bits per heavy atom. The fraction of sp³-hybridized carbons (Fsp3) is 0.0500. The molecule has 0 fully saturated rings. The van der Waals surface area contributed by atoms with Crippen LogP contribution in [0.3, 0.4) is 0 Å². The smallest absolute Gasteiger partial charge is 0.265 e. The molecule has 6 heteroatoms. The molecular weight excluding hydrogens is 332 g/mol. The van der Waals surface area contributed by atoms with Gasteiger partial charge in [0.1, 0.15) is 23.0 Å². The molecule has 5 N–H and O–H groups in total. The highest BCUT2D eigenvalue weighted by atomic mass is 16.5. The third kappa shape index (κ3) is 2.53. The summed E-state index contributed by atoms with van der Waals surface area (Å²) < 4.78 is 5.87. The molecule has 0 spiro atoms. The van der Waals surface area contributed by atoms with E-state index in [0.29, 0.717) is 17.1 Å². The van der Waals surface area contributed by atoms with E-state index in [4.69, 9.17) is 10.6 Å². The van der Waals surface area contributed by atoms with Gasteiger partial charge in [-0.2, -0.15) is 0 Å². The number of carbonyl (C=O) groups is 1. The van der Waals surface area contributed by atoms with Crippen LogP contribution in [0.25, 0.3) is 0 Å². The number of nitrogens with one attached hydrogen (secondary N) is 1. The minimum atomic E-state index is -0.396. The van der Waals surface area contributed by atoms with E-state index < -0.39 is 5.91 Å². The van der Waals surface area contributed by atoms with Crippen LogP contribution in [-0.4, -0.2) is 16.1 Å². The zero-order valence-electron chi connectivity index (χ0n) is 13.6. The predicted molar refractivity (Wildman–Crippen MR) is 95.3 cm³/mol. The second-order valence-corrected chi connectivity index (χ2v) is 6.04. The lowest BCUT2D eigenvalue weighted by molar-refractivity contribution is 0.0952. The third-order valence-corrected chi connectivity index (χ3v) is 4.48. The number of rotatable bonds is 2. The molecule has 1 aliphatic rings. The molecule has 0 aliphatic carbocycles. The molecule has 0 unspecified atom stereocenters. The molecule has 3 aromatic carbocycles. The van der Waals surface area contributed by atoms with Gasteiger partial charge < -0.3 is 14.9 Å². The van der Waals surface area contributed by atoms with Crippen molar-refractivity contribution in [3.8, 4) is 23.0 Å². The number of phenols is 2. The van der Waals surface area contributed by atoms with E-state index in [2.05, 4.69) is 5.43 Å². The van der Waals surface area contributed by atoms with Gasteiger partial charge in [0.15, 0.2) is 0 Å². The highest BCUT2D eigenvalue weighted by Gasteiger charge is 2.31. The number of aromatic hydroxyl groups is 2. The van der Waals surface area contributed by atoms with E-state index in [0.717, 1.165) is 16.7 Å². The monoisotopic (exact) mass is 348 g/mol. The van der Waals surface area contributed by atoms with Crippen molar-refractivity contribution in [2.24, 2.45) is 5.84 Å². The number of fused-ring (bicyclic) bond motifs is 2. The van der Waals surface area contributed by atoms with Crippen LogP contribution in [0.1, 0.15) is 33.0 Å². The van der Waals surface area contributed by atoms with E-state index in [-0.39, 0.29) is 17.4 Å². The van der Waals surface area contributed by atoms with Crippen LogP contribution < -0.4 is 16.0 Å². The number of hydrogen-bond donors (Lipinski definition) is 4. The standard InChI is InChI=1S/C20H16N2O4/c21-22-20(25)14-4-2-1-3-13(14)19-15-7-5-11(23)9-17(15)26-18-10-12(24)6-8-16(18)19/h1-10,19,23-24H,21H2,(H,22,25). The van der Waals surface area contributed by atoms with Crippen molar-refractivity contribution in [2.75, 3.05) is 0 Å². The van der Waals surface area contributed by atoms with Gasteiger partial charge in [0.05, 0.1) is 0 Å². The highest BCUT2D eigenvalue weighted by Crippen LogP contribution is 2.49. The van der Waals surface area contributed by atoms with Crippen LogP contribution in [-0.2, 0) is 0 Å². The topological polar surface area (TPSA) is 105 Å². The molecule has 1 aliphatic heterocycles. The predicted octanol–water partition coefficient (Wildman–Crippen LogP) is 2.99. The van der Waals surface area contributed by atoms with Gasteiger partial charge in [-0.05, 0) is 23.8 Å². The molecule has 3 aromatic rings. The van der Waals surface area contributed by atoms with Crippen LogP contribution in [0.4, 0.5) is 0 Å². The first-order valence-electron chi connectivity index (χ1n) is 8.02. The molecule has 1 amide bonds. The van der Waals surface area contributed by atoms with Crippen molar-refractivity contribution in [2.45, 2.75) is 5.92 Å². The second-order valence-electron chi connectivity index (χ2n) is 6.04. The van der Waals surface area contributed by atoms with Gasteiger partial charge in [-0.3, -0.25) is 10.2 Å². The molecule has 0 saturated heterocycles. The Labute approximate surface area is 149 Å². The number of nitrogen functional groups attached to an aromatic ring is 1. The average Bonchev–Trinajstić information content (AvgIpc) is 2.65. The number of phenolic OH excluding ortho intramolecular Hbond substituents is 2. The Kier molecular flexibility index (Phi) is 3.74. The van der Waals surface area contributed by atoms with E-state index in [1.165, 1.54) is 12.1 Å². The van der Waals surface area contributed by atoms with Crippen LogP contribution in [0.5, 0.6) is 23.0 Å². The molecule has 0 atom stereocenters. The first-order valence-corrected chi connectivity index (χ1v) is 8.02. The first kappa shape index (κ1) is 16.0. The Balaban J connectivity index is 1.99. The van der Waals surface area contributed by atoms with Crippen molar-refractivity contribution in [1.82, 2.24) is 5.43 Å². The van der Waals surface area contributed by atoms with E-state index >= 15 is 0 Å². The molecule has 0 aromatic heterocycles. The van der Waals surface area contributed by atoms with Crippen molar-refractivity contribution >= 4 is 5.91 Å². The number of hydrogen-bond acceptors (Lipinski definition) is 5. The van der Waals surface area contributed by atoms with Gasteiger partial charge in [-0.1, -0.05) is 30.3 Å². The molecule has 0 bridgehead atoms. The molecule has 26 heavy (non-hydrogen) atoms. The van der Waals surface area contributed by atoms with Gasteiger partial charge in [-0.15, -0.1) is 0 Å². The van der Waals surface area contributed by atoms with Gasteiger partial charge in [-0.25, -0.2) is 5.84 Å². The van der Waals surface area contributed by atoms with Crippen LogP contribution in [0.2, 0.25) is 0 Å². The van der Waals surface area contributed by atoms with Gasteiger partial charge in [0.25, 0.3) is 5.91 Å². The molecule has 6 nitrogen and oxygen atoms in total. The third-order valence-electron chi connectivity index (χ3n) is 4.48. The number of carbonyl (C=O) groups excluding carboxylic acids is 1. The number of amides is 1. The Bertz CT molecular complexity index is 965. The lowest BCUT2D eigenvalue weighted by Crippen LogP contribution is -2.31. The average molecular weight is 348 g/mol. The van der Waals surface area contributed by atoms with E-state index in [9.17, 15) is 15.0 Å². The number of nitrogens with two attached hydrogens (primary N) is 1. The summed E-state index contributed by atoms with van der Waals surface area (Å²) in [7, 11) is 0. The lowest BCUT2D eigenvalue weighted by Gasteiger charge is -2.29. The summed E-state index contributed by atoms with van der Waals surface area (Å²) in [5, 5.41) is 19.6. The summed E-state index contributed by atoms with van der Waals surface area (Å²) in [6.45, 7) is 0. The second kappa shape index (κ2) is 6.09. The normalized spacial score (nSPS) is 12.7. The van der Waals surface area contributed by atoms with Crippen molar-refractivity contribution in [3.63, 3.8) is 0 Å². The molecule has 0 saturated carbocycles. The fourth-order valence-electron chi connectivity index (χ4n) is 3.35. The zero-order valence-corrected chi connectivity index (χ0v) is 13.6. The highest BCUT2D eigenvalue weighted by molar-refractivity contribution is 5.96. The number of benzene rings is 3. The van der Waals surface area contributed by atoms with Crippen LogP contribution >= 0.6 is 0 Å². The van der Waals surface area contributed by atoms with Crippen molar-refractivity contribution in [3.05, 3.63) is 82.9 Å². The summed E-state index contributed by atoms with van der Waals surface area (Å²) in [5.41, 5.74) is 4.98. The van der Waals surface area contributed by atoms with Crippen molar-refractivity contribution in [1.29, 1.82) is 0 Å².